The van der Waals surface area contributed by atoms with Crippen LogP contribution in [0.15, 0.2) is 0 Å². The first-order chi connectivity index (χ1) is 10.1. The molecule has 23 heavy (non-hydrogen) atoms. The van der Waals surface area contributed by atoms with Gasteiger partial charge in [-0.2, -0.15) is 0 Å². The van der Waals surface area contributed by atoms with Crippen molar-refractivity contribution in [2.24, 2.45) is 11.5 Å². The van der Waals surface area contributed by atoms with Gasteiger partial charge in [-0.1, -0.05) is 25.7 Å². The molecule has 6 nitrogen and oxygen atoms in total. The number of hydrogen-bond acceptors (Lipinski definition) is 4. The van der Waals surface area contributed by atoms with Gasteiger partial charge in [0.15, 0.2) is 0 Å². The molecule has 0 fully saturated rings. The lowest BCUT2D eigenvalue weighted by molar-refractivity contribution is -0.141. The van der Waals surface area contributed by atoms with E-state index in [9.17, 15) is 9.59 Å². The lowest BCUT2D eigenvalue weighted by atomic mass is 10.1. The molecule has 0 aromatic carbocycles. The van der Waals surface area contributed by atoms with Crippen LogP contribution in [-0.2, 0) is 9.59 Å². The van der Waals surface area contributed by atoms with E-state index >= 15 is 0 Å². The largest absolute Gasteiger partial charge is 0.481 e. The SMILES string of the molecule is Cl.Cl.NCCCCCCCCN(CCCN)C(=O)CCC(=O)O. The standard InChI is InChI=1S/C15H31N3O3.2ClH/c16-10-5-3-1-2-4-6-12-18(13-7-11-17)14(19)8-9-15(20)21;;/h1-13,16-17H2,(H,20,21);2*1H. The van der Waals surface area contributed by atoms with Crippen LogP contribution < -0.4 is 11.5 Å². The van der Waals surface area contributed by atoms with E-state index in [4.69, 9.17) is 16.6 Å². The Bertz CT molecular complexity index is 295. The summed E-state index contributed by atoms with van der Waals surface area (Å²) in [6, 6.07) is 0. The van der Waals surface area contributed by atoms with E-state index in [0.29, 0.717) is 19.6 Å². The molecule has 0 aromatic rings. The fraction of sp³-hybridized carbons (Fsp3) is 0.867. The number of amides is 1. The first-order valence-corrected chi connectivity index (χ1v) is 8.01. The van der Waals surface area contributed by atoms with Crippen molar-refractivity contribution in [2.45, 2.75) is 57.8 Å². The van der Waals surface area contributed by atoms with Crippen LogP contribution in [-0.4, -0.2) is 48.1 Å². The molecule has 0 aliphatic heterocycles. The summed E-state index contributed by atoms with van der Waals surface area (Å²) in [7, 11) is 0. The van der Waals surface area contributed by atoms with Gasteiger partial charge in [0.25, 0.3) is 0 Å². The van der Waals surface area contributed by atoms with Crippen molar-refractivity contribution in [3.63, 3.8) is 0 Å². The third-order valence-corrected chi connectivity index (χ3v) is 3.42. The van der Waals surface area contributed by atoms with Crippen molar-refractivity contribution >= 4 is 36.7 Å². The molecule has 5 N–H and O–H groups in total. The maximum atomic E-state index is 12.0. The number of hydrogen-bond donors (Lipinski definition) is 3. The first kappa shape index (κ1) is 27.3. The Morgan fingerprint density at radius 3 is 1.74 bits per heavy atom. The summed E-state index contributed by atoms with van der Waals surface area (Å²) < 4.78 is 0. The van der Waals surface area contributed by atoms with Crippen molar-refractivity contribution in [1.82, 2.24) is 4.90 Å². The molecule has 0 aromatic heterocycles. The predicted molar refractivity (Wildman–Crippen MR) is 98.4 cm³/mol. The molecule has 0 spiro atoms. The number of rotatable bonds is 14. The smallest absolute Gasteiger partial charge is 0.303 e. The second-order valence-electron chi connectivity index (χ2n) is 5.33. The number of nitrogens with zero attached hydrogens (tertiary/aromatic N) is 1. The highest BCUT2D eigenvalue weighted by atomic mass is 35.5. The van der Waals surface area contributed by atoms with Crippen LogP contribution in [0.25, 0.3) is 0 Å². The fourth-order valence-electron chi connectivity index (χ4n) is 2.17. The minimum Gasteiger partial charge on any atom is -0.481 e. The van der Waals surface area contributed by atoms with E-state index in [1.807, 2.05) is 0 Å². The molecule has 0 rings (SSSR count). The molecular weight excluding hydrogens is 341 g/mol. The van der Waals surface area contributed by atoms with Crippen molar-refractivity contribution in [3.8, 4) is 0 Å². The van der Waals surface area contributed by atoms with E-state index in [-0.39, 0.29) is 43.6 Å². The number of carboxylic acids is 1. The number of aliphatic carboxylic acids is 1. The highest BCUT2D eigenvalue weighted by molar-refractivity contribution is 5.85. The Morgan fingerprint density at radius 2 is 1.22 bits per heavy atom. The van der Waals surface area contributed by atoms with Gasteiger partial charge in [0.2, 0.25) is 5.91 Å². The summed E-state index contributed by atoms with van der Waals surface area (Å²) in [4.78, 5) is 24.3. The van der Waals surface area contributed by atoms with E-state index in [2.05, 4.69) is 0 Å². The van der Waals surface area contributed by atoms with E-state index < -0.39 is 5.97 Å². The van der Waals surface area contributed by atoms with E-state index in [0.717, 1.165) is 38.6 Å². The molecular formula is C15H33Cl2N3O3. The van der Waals surface area contributed by atoms with Gasteiger partial charge in [0.05, 0.1) is 6.42 Å². The molecule has 0 bridgehead atoms. The summed E-state index contributed by atoms with van der Waals surface area (Å²) in [5.74, 6) is -1.00. The maximum Gasteiger partial charge on any atom is 0.303 e. The summed E-state index contributed by atoms with van der Waals surface area (Å²) in [6.45, 7) is 2.63. The monoisotopic (exact) mass is 373 g/mol. The lowest BCUT2D eigenvalue weighted by Crippen LogP contribution is -2.34. The van der Waals surface area contributed by atoms with Gasteiger partial charge in [-0.3, -0.25) is 9.59 Å². The quantitative estimate of drug-likeness (QED) is 0.404. The van der Waals surface area contributed by atoms with E-state index in [1.54, 1.807) is 4.90 Å². The van der Waals surface area contributed by atoms with Crippen LogP contribution >= 0.6 is 24.8 Å². The topological polar surface area (TPSA) is 110 Å². The van der Waals surface area contributed by atoms with E-state index in [1.165, 1.54) is 12.8 Å². The van der Waals surface area contributed by atoms with Crippen LogP contribution in [0.3, 0.4) is 0 Å². The fourth-order valence-corrected chi connectivity index (χ4v) is 2.17. The van der Waals surface area contributed by atoms with Crippen molar-refractivity contribution in [3.05, 3.63) is 0 Å². The number of unbranched alkanes of at least 4 members (excludes halogenated alkanes) is 5. The van der Waals surface area contributed by atoms with Gasteiger partial charge in [-0.05, 0) is 32.4 Å². The zero-order valence-corrected chi connectivity index (χ0v) is 15.5. The van der Waals surface area contributed by atoms with Gasteiger partial charge < -0.3 is 21.5 Å². The van der Waals surface area contributed by atoms with Crippen LogP contribution in [0.4, 0.5) is 0 Å². The lowest BCUT2D eigenvalue weighted by Gasteiger charge is -2.22. The molecule has 0 saturated carbocycles. The van der Waals surface area contributed by atoms with Gasteiger partial charge in [-0.15, -0.1) is 24.8 Å². The van der Waals surface area contributed by atoms with Crippen molar-refractivity contribution < 1.29 is 14.7 Å². The molecule has 0 aliphatic carbocycles. The number of nitrogens with two attached hydrogens (primary N) is 2. The maximum absolute atomic E-state index is 12.0. The Hall–Kier alpha value is -0.560. The summed E-state index contributed by atoms with van der Waals surface area (Å²) >= 11 is 0. The minimum absolute atomic E-state index is 0. The predicted octanol–water partition coefficient (Wildman–Crippen LogP) is 2.17. The van der Waals surface area contributed by atoms with Gasteiger partial charge >= 0.3 is 5.97 Å². The normalized spacial score (nSPS) is 9.65. The second-order valence-corrected chi connectivity index (χ2v) is 5.33. The Morgan fingerprint density at radius 1 is 0.739 bits per heavy atom. The van der Waals surface area contributed by atoms with Crippen LogP contribution in [0, 0.1) is 0 Å². The molecule has 8 heteroatoms. The molecule has 0 saturated heterocycles. The van der Waals surface area contributed by atoms with Crippen LogP contribution in [0.5, 0.6) is 0 Å². The average molecular weight is 374 g/mol. The van der Waals surface area contributed by atoms with Crippen LogP contribution in [0.2, 0.25) is 0 Å². The molecule has 0 radical (unpaired) electrons. The Kier molecular flexibility index (Phi) is 23.1. The molecule has 1 amide bonds. The summed E-state index contributed by atoms with van der Waals surface area (Å²) in [5.41, 5.74) is 10.9. The Labute approximate surface area is 152 Å². The average Bonchev–Trinajstić information content (AvgIpc) is 2.46. The minimum atomic E-state index is -0.929. The second kappa shape index (κ2) is 19.5. The highest BCUT2D eigenvalue weighted by Crippen LogP contribution is 2.07. The molecule has 140 valence electrons. The van der Waals surface area contributed by atoms with Crippen molar-refractivity contribution in [1.29, 1.82) is 0 Å². The van der Waals surface area contributed by atoms with Gasteiger partial charge in [0.1, 0.15) is 0 Å². The molecule has 0 aliphatic rings. The van der Waals surface area contributed by atoms with Crippen LogP contribution in [0.1, 0.15) is 57.8 Å². The molecule has 0 atom stereocenters. The molecule has 0 unspecified atom stereocenters. The van der Waals surface area contributed by atoms with Gasteiger partial charge in [-0.25, -0.2) is 0 Å². The Balaban J connectivity index is -0.00000200. The zero-order chi connectivity index (χ0) is 15.9. The summed E-state index contributed by atoms with van der Waals surface area (Å²) in [5, 5.41) is 8.64. The van der Waals surface area contributed by atoms with Crippen molar-refractivity contribution in [2.75, 3.05) is 26.2 Å². The number of halogens is 2. The molecule has 0 heterocycles. The first-order valence-electron chi connectivity index (χ1n) is 8.01. The third kappa shape index (κ3) is 17.6. The number of carbonyl (C=O) groups excluding carboxylic acids is 1. The number of carboxylic acid groups (broad SMARTS) is 1. The third-order valence-electron chi connectivity index (χ3n) is 3.42. The number of carbonyl (C=O) groups is 2. The zero-order valence-electron chi connectivity index (χ0n) is 13.9. The van der Waals surface area contributed by atoms with Gasteiger partial charge in [0, 0.05) is 19.5 Å². The highest BCUT2D eigenvalue weighted by Gasteiger charge is 2.13. The summed E-state index contributed by atoms with van der Waals surface area (Å²) in [6.07, 6.45) is 7.40.